The SMILES string of the molecule is COCc1cc(Cl)n(-c2ncnc3nc[nH]c23)n1. The molecule has 18 heavy (non-hydrogen) atoms. The van der Waals surface area contributed by atoms with Crippen LogP contribution >= 0.6 is 11.6 Å². The number of nitrogens with zero attached hydrogens (tertiary/aromatic N) is 5. The normalized spacial score (nSPS) is 11.2. The summed E-state index contributed by atoms with van der Waals surface area (Å²) < 4.78 is 6.54. The van der Waals surface area contributed by atoms with Crippen molar-refractivity contribution in [1.29, 1.82) is 0 Å². The van der Waals surface area contributed by atoms with Crippen LogP contribution in [0.25, 0.3) is 17.0 Å². The Morgan fingerprint density at radius 1 is 1.39 bits per heavy atom. The number of H-pyrrole nitrogens is 1. The fourth-order valence-electron chi connectivity index (χ4n) is 1.68. The minimum atomic E-state index is 0.393. The molecular formula is C10H9ClN6O. The van der Waals surface area contributed by atoms with Gasteiger partial charge in [0.25, 0.3) is 0 Å². The molecule has 0 aliphatic heterocycles. The third kappa shape index (κ3) is 1.73. The molecule has 0 saturated heterocycles. The number of aromatic nitrogens is 6. The Morgan fingerprint density at radius 3 is 3.11 bits per heavy atom. The van der Waals surface area contributed by atoms with Crippen LogP contribution in [0.15, 0.2) is 18.7 Å². The van der Waals surface area contributed by atoms with Gasteiger partial charge in [-0.25, -0.2) is 19.6 Å². The lowest BCUT2D eigenvalue weighted by Gasteiger charge is -2.02. The summed E-state index contributed by atoms with van der Waals surface area (Å²) in [4.78, 5) is 15.2. The number of nitrogens with one attached hydrogen (secondary N) is 1. The van der Waals surface area contributed by atoms with E-state index in [1.54, 1.807) is 19.5 Å². The Hall–Kier alpha value is -1.99. The molecule has 0 bridgehead atoms. The van der Waals surface area contributed by atoms with Crippen LogP contribution in [0, 0.1) is 0 Å². The Morgan fingerprint density at radius 2 is 2.28 bits per heavy atom. The molecule has 0 aromatic carbocycles. The Kier molecular flexibility index (Phi) is 2.69. The van der Waals surface area contributed by atoms with Crippen LogP contribution in [0.1, 0.15) is 5.69 Å². The van der Waals surface area contributed by atoms with E-state index >= 15 is 0 Å². The van der Waals surface area contributed by atoms with E-state index in [2.05, 4.69) is 25.0 Å². The van der Waals surface area contributed by atoms with E-state index in [-0.39, 0.29) is 0 Å². The fourth-order valence-corrected chi connectivity index (χ4v) is 1.93. The van der Waals surface area contributed by atoms with E-state index in [1.807, 2.05) is 0 Å². The van der Waals surface area contributed by atoms with Gasteiger partial charge in [-0.3, -0.25) is 0 Å². The Balaban J connectivity index is 2.16. The second-order valence-corrected chi connectivity index (χ2v) is 3.99. The molecule has 3 heterocycles. The maximum absolute atomic E-state index is 6.13. The van der Waals surface area contributed by atoms with E-state index < -0.39 is 0 Å². The first-order chi connectivity index (χ1) is 8.79. The summed E-state index contributed by atoms with van der Waals surface area (Å²) in [6.45, 7) is 0.393. The molecule has 1 N–H and O–H groups in total. The number of aromatic amines is 1. The fraction of sp³-hybridized carbons (Fsp3) is 0.200. The lowest BCUT2D eigenvalue weighted by Crippen LogP contribution is -2.02. The van der Waals surface area contributed by atoms with Crippen LogP contribution in [-0.2, 0) is 11.3 Å². The summed E-state index contributed by atoms with van der Waals surface area (Å²) in [5, 5.41) is 4.78. The van der Waals surface area contributed by atoms with E-state index in [9.17, 15) is 0 Å². The predicted octanol–water partition coefficient (Wildman–Crippen LogP) is 1.34. The van der Waals surface area contributed by atoms with Gasteiger partial charge in [0.2, 0.25) is 0 Å². The highest BCUT2D eigenvalue weighted by Crippen LogP contribution is 2.20. The first-order valence-electron chi connectivity index (χ1n) is 5.17. The minimum absolute atomic E-state index is 0.393. The van der Waals surface area contributed by atoms with Crippen LogP contribution in [0.2, 0.25) is 5.15 Å². The lowest BCUT2D eigenvalue weighted by molar-refractivity contribution is 0.181. The molecule has 0 saturated carbocycles. The standard InChI is InChI=1S/C10H9ClN6O/c1-18-3-6-2-7(11)17(16-6)10-8-9(13-4-12-8)14-5-15-10/h2,4-5H,3H2,1H3,(H,12,13,14,15). The summed E-state index contributed by atoms with van der Waals surface area (Å²) in [6.07, 6.45) is 2.98. The number of rotatable bonds is 3. The zero-order chi connectivity index (χ0) is 12.5. The van der Waals surface area contributed by atoms with Crippen molar-refractivity contribution in [2.24, 2.45) is 0 Å². The molecular weight excluding hydrogens is 256 g/mol. The number of halogens is 1. The molecule has 8 heteroatoms. The third-order valence-corrected chi connectivity index (χ3v) is 2.68. The molecule has 0 spiro atoms. The first kappa shape index (κ1) is 11.1. The summed E-state index contributed by atoms with van der Waals surface area (Å²) in [7, 11) is 1.60. The van der Waals surface area contributed by atoms with Crippen molar-refractivity contribution in [3.8, 4) is 5.82 Å². The van der Waals surface area contributed by atoms with Crippen LogP contribution in [-0.4, -0.2) is 36.8 Å². The van der Waals surface area contributed by atoms with Crippen LogP contribution in [0.3, 0.4) is 0 Å². The summed E-state index contributed by atoms with van der Waals surface area (Å²) in [5.74, 6) is 0.560. The van der Waals surface area contributed by atoms with Crippen LogP contribution < -0.4 is 0 Å². The molecule has 0 amide bonds. The highest BCUT2D eigenvalue weighted by molar-refractivity contribution is 6.29. The summed E-state index contributed by atoms with van der Waals surface area (Å²) >= 11 is 6.13. The quantitative estimate of drug-likeness (QED) is 0.772. The first-order valence-corrected chi connectivity index (χ1v) is 5.55. The van der Waals surface area contributed by atoms with Gasteiger partial charge in [0.1, 0.15) is 17.0 Å². The summed E-state index contributed by atoms with van der Waals surface area (Å²) in [6, 6.07) is 1.73. The number of hydrogen-bond donors (Lipinski definition) is 1. The second kappa shape index (κ2) is 4.35. The van der Waals surface area contributed by atoms with Crippen molar-refractivity contribution < 1.29 is 4.74 Å². The van der Waals surface area contributed by atoms with Crippen molar-refractivity contribution in [3.05, 3.63) is 29.6 Å². The zero-order valence-corrected chi connectivity index (χ0v) is 10.2. The molecule has 92 valence electrons. The molecule has 0 radical (unpaired) electrons. The molecule has 0 aliphatic rings. The third-order valence-electron chi connectivity index (χ3n) is 2.41. The van der Waals surface area contributed by atoms with E-state index in [4.69, 9.17) is 16.3 Å². The molecule has 3 aromatic heterocycles. The van der Waals surface area contributed by atoms with E-state index in [0.29, 0.717) is 28.7 Å². The molecule has 7 nitrogen and oxygen atoms in total. The van der Waals surface area contributed by atoms with Crippen molar-refractivity contribution in [3.63, 3.8) is 0 Å². The van der Waals surface area contributed by atoms with Crippen LogP contribution in [0.4, 0.5) is 0 Å². The number of imidazole rings is 1. The minimum Gasteiger partial charge on any atom is -0.378 e. The van der Waals surface area contributed by atoms with Gasteiger partial charge in [-0.15, -0.1) is 0 Å². The number of hydrogen-bond acceptors (Lipinski definition) is 5. The van der Waals surface area contributed by atoms with Gasteiger partial charge in [-0.2, -0.15) is 5.10 Å². The van der Waals surface area contributed by atoms with Gasteiger partial charge in [0, 0.05) is 13.2 Å². The van der Waals surface area contributed by atoms with Crippen molar-refractivity contribution in [1.82, 2.24) is 29.7 Å². The zero-order valence-electron chi connectivity index (χ0n) is 9.46. The highest BCUT2D eigenvalue weighted by atomic mass is 35.5. The van der Waals surface area contributed by atoms with E-state index in [1.165, 1.54) is 11.0 Å². The monoisotopic (exact) mass is 264 g/mol. The van der Waals surface area contributed by atoms with Gasteiger partial charge in [-0.05, 0) is 0 Å². The van der Waals surface area contributed by atoms with Gasteiger partial charge in [0.15, 0.2) is 11.5 Å². The maximum Gasteiger partial charge on any atom is 0.184 e. The van der Waals surface area contributed by atoms with Gasteiger partial charge < -0.3 is 9.72 Å². The molecule has 0 fully saturated rings. The number of ether oxygens (including phenoxy) is 1. The van der Waals surface area contributed by atoms with Crippen LogP contribution in [0.5, 0.6) is 0 Å². The number of methoxy groups -OCH3 is 1. The maximum atomic E-state index is 6.13. The summed E-state index contributed by atoms with van der Waals surface area (Å²) in [5.41, 5.74) is 1.99. The highest BCUT2D eigenvalue weighted by Gasteiger charge is 2.13. The molecule has 0 unspecified atom stereocenters. The smallest absolute Gasteiger partial charge is 0.184 e. The molecule has 3 aromatic rings. The average Bonchev–Trinajstić information content (AvgIpc) is 2.95. The molecule has 3 rings (SSSR count). The number of fused-ring (bicyclic) bond motifs is 1. The lowest BCUT2D eigenvalue weighted by atomic mass is 10.5. The molecule has 0 atom stereocenters. The van der Waals surface area contributed by atoms with Gasteiger partial charge in [-0.1, -0.05) is 11.6 Å². The van der Waals surface area contributed by atoms with Crippen molar-refractivity contribution in [2.45, 2.75) is 6.61 Å². The average molecular weight is 265 g/mol. The topological polar surface area (TPSA) is 81.5 Å². The van der Waals surface area contributed by atoms with Crippen molar-refractivity contribution >= 4 is 22.8 Å². The molecule has 0 aliphatic carbocycles. The van der Waals surface area contributed by atoms with Gasteiger partial charge in [0.05, 0.1) is 18.6 Å². The van der Waals surface area contributed by atoms with Crippen molar-refractivity contribution in [2.75, 3.05) is 7.11 Å². The van der Waals surface area contributed by atoms with Gasteiger partial charge >= 0.3 is 0 Å². The second-order valence-electron chi connectivity index (χ2n) is 3.60. The van der Waals surface area contributed by atoms with E-state index in [0.717, 1.165) is 5.69 Å². The predicted molar refractivity (Wildman–Crippen MR) is 64.5 cm³/mol. The Labute approximate surface area is 107 Å². The largest absolute Gasteiger partial charge is 0.378 e. The Bertz CT molecular complexity index is 691.